The van der Waals surface area contributed by atoms with E-state index in [1.807, 2.05) is 6.92 Å². The van der Waals surface area contributed by atoms with Crippen molar-refractivity contribution in [3.63, 3.8) is 0 Å². The van der Waals surface area contributed by atoms with Crippen LogP contribution in [0.15, 0.2) is 24.3 Å². The molecule has 0 radical (unpaired) electrons. The summed E-state index contributed by atoms with van der Waals surface area (Å²) in [5, 5.41) is 0. The van der Waals surface area contributed by atoms with Crippen LogP contribution in [-0.4, -0.2) is 0 Å². The van der Waals surface area contributed by atoms with E-state index in [1.165, 1.54) is 12.1 Å². The molecule has 0 fully saturated rings. The summed E-state index contributed by atoms with van der Waals surface area (Å²) in [6.07, 6.45) is 3.17. The monoisotopic (exact) mass is 195 g/mol. The van der Waals surface area contributed by atoms with Crippen LogP contribution in [0.3, 0.4) is 0 Å². The molecule has 1 rings (SSSR count). The largest absolute Gasteiger partial charge is 0.322 e. The molecule has 0 aliphatic heterocycles. The number of hydrogen-bond acceptors (Lipinski definition) is 1. The average molecular weight is 195 g/mol. The first kappa shape index (κ1) is 11.2. The van der Waals surface area contributed by atoms with E-state index in [9.17, 15) is 4.39 Å². The third-order valence-corrected chi connectivity index (χ3v) is 2.55. The van der Waals surface area contributed by atoms with Crippen LogP contribution in [0.5, 0.6) is 0 Å². The molecule has 78 valence electrons. The molecule has 1 atom stereocenters. The van der Waals surface area contributed by atoms with E-state index in [-0.39, 0.29) is 11.4 Å². The number of benzene rings is 1. The van der Waals surface area contributed by atoms with Crippen molar-refractivity contribution in [1.82, 2.24) is 0 Å². The van der Waals surface area contributed by atoms with E-state index in [2.05, 4.69) is 6.92 Å². The molecule has 14 heavy (non-hydrogen) atoms. The summed E-state index contributed by atoms with van der Waals surface area (Å²) in [6.45, 7) is 4.14. The Labute approximate surface area is 85.1 Å². The van der Waals surface area contributed by atoms with E-state index in [4.69, 9.17) is 5.73 Å². The Morgan fingerprint density at radius 2 is 1.86 bits per heavy atom. The zero-order valence-corrected chi connectivity index (χ0v) is 8.89. The average Bonchev–Trinajstić information content (AvgIpc) is 2.16. The van der Waals surface area contributed by atoms with Crippen molar-refractivity contribution in [1.29, 1.82) is 0 Å². The molecule has 0 saturated heterocycles. The van der Waals surface area contributed by atoms with Crippen LogP contribution in [0.4, 0.5) is 4.39 Å². The topological polar surface area (TPSA) is 26.0 Å². The van der Waals surface area contributed by atoms with Gasteiger partial charge < -0.3 is 5.73 Å². The van der Waals surface area contributed by atoms with Crippen molar-refractivity contribution in [2.24, 2.45) is 5.73 Å². The third-order valence-electron chi connectivity index (χ3n) is 2.55. The molecule has 1 nitrogen and oxygen atoms in total. The molecule has 0 aliphatic carbocycles. The molecule has 0 amide bonds. The van der Waals surface area contributed by atoms with Crippen LogP contribution < -0.4 is 5.73 Å². The smallest absolute Gasteiger partial charge is 0.123 e. The first-order valence-corrected chi connectivity index (χ1v) is 5.11. The Hall–Kier alpha value is -0.890. The van der Waals surface area contributed by atoms with Gasteiger partial charge in [-0.3, -0.25) is 0 Å². The lowest BCUT2D eigenvalue weighted by Crippen LogP contribution is -2.32. The number of hydrogen-bond donors (Lipinski definition) is 1. The molecular formula is C12H18FN. The van der Waals surface area contributed by atoms with Crippen LogP contribution in [0.1, 0.15) is 38.7 Å². The summed E-state index contributed by atoms with van der Waals surface area (Å²) < 4.78 is 12.7. The quantitative estimate of drug-likeness (QED) is 0.784. The second-order valence-electron chi connectivity index (χ2n) is 4.03. The molecule has 0 aromatic heterocycles. The summed E-state index contributed by atoms with van der Waals surface area (Å²) in [5.74, 6) is -0.208. The lowest BCUT2D eigenvalue weighted by molar-refractivity contribution is 0.432. The van der Waals surface area contributed by atoms with Crippen LogP contribution in [0.25, 0.3) is 0 Å². The van der Waals surface area contributed by atoms with E-state index in [1.54, 1.807) is 12.1 Å². The minimum absolute atomic E-state index is 0.208. The van der Waals surface area contributed by atoms with E-state index in [0.717, 1.165) is 24.8 Å². The normalized spacial score (nSPS) is 15.1. The highest BCUT2D eigenvalue weighted by molar-refractivity contribution is 5.23. The predicted octanol–water partition coefficient (Wildman–Crippen LogP) is 3.19. The minimum atomic E-state index is -0.330. The Morgan fingerprint density at radius 1 is 1.29 bits per heavy atom. The van der Waals surface area contributed by atoms with Gasteiger partial charge in [-0.05, 0) is 31.0 Å². The number of unbranched alkanes of at least 4 members (excludes halogenated alkanes) is 1. The summed E-state index contributed by atoms with van der Waals surface area (Å²) >= 11 is 0. The zero-order chi connectivity index (χ0) is 10.6. The molecule has 1 aromatic rings. The molecule has 2 N–H and O–H groups in total. The van der Waals surface area contributed by atoms with Gasteiger partial charge in [0.1, 0.15) is 5.82 Å². The van der Waals surface area contributed by atoms with Crippen molar-refractivity contribution in [3.8, 4) is 0 Å². The first-order chi connectivity index (χ1) is 6.56. The van der Waals surface area contributed by atoms with Gasteiger partial charge in [0.15, 0.2) is 0 Å². The van der Waals surface area contributed by atoms with Gasteiger partial charge in [-0.15, -0.1) is 0 Å². The fourth-order valence-corrected chi connectivity index (χ4v) is 1.52. The van der Waals surface area contributed by atoms with Gasteiger partial charge in [0, 0.05) is 5.54 Å². The second kappa shape index (κ2) is 4.56. The summed E-state index contributed by atoms with van der Waals surface area (Å²) in [7, 11) is 0. The van der Waals surface area contributed by atoms with Crippen molar-refractivity contribution in [2.45, 2.75) is 38.6 Å². The van der Waals surface area contributed by atoms with Gasteiger partial charge in [0.25, 0.3) is 0 Å². The van der Waals surface area contributed by atoms with Gasteiger partial charge >= 0.3 is 0 Å². The van der Waals surface area contributed by atoms with Gasteiger partial charge in [-0.25, -0.2) is 4.39 Å². The van der Waals surface area contributed by atoms with Crippen molar-refractivity contribution in [3.05, 3.63) is 35.6 Å². The maximum absolute atomic E-state index is 12.7. The fourth-order valence-electron chi connectivity index (χ4n) is 1.52. The highest BCUT2D eigenvalue weighted by atomic mass is 19.1. The van der Waals surface area contributed by atoms with Crippen molar-refractivity contribution in [2.75, 3.05) is 0 Å². The highest BCUT2D eigenvalue weighted by Crippen LogP contribution is 2.23. The molecule has 0 heterocycles. The van der Waals surface area contributed by atoms with E-state index < -0.39 is 0 Å². The van der Waals surface area contributed by atoms with Crippen LogP contribution in [-0.2, 0) is 5.54 Å². The summed E-state index contributed by atoms with van der Waals surface area (Å²) in [6, 6.07) is 6.47. The fraction of sp³-hybridized carbons (Fsp3) is 0.500. The number of rotatable bonds is 4. The van der Waals surface area contributed by atoms with Gasteiger partial charge in [-0.2, -0.15) is 0 Å². The molecule has 0 aliphatic rings. The molecule has 1 aromatic carbocycles. The van der Waals surface area contributed by atoms with Gasteiger partial charge in [-0.1, -0.05) is 31.9 Å². The zero-order valence-electron chi connectivity index (χ0n) is 8.89. The van der Waals surface area contributed by atoms with Gasteiger partial charge in [0.2, 0.25) is 0 Å². The summed E-state index contributed by atoms with van der Waals surface area (Å²) in [4.78, 5) is 0. The SMILES string of the molecule is CCCCC(C)(N)c1ccc(F)cc1. The number of nitrogens with two attached hydrogens (primary N) is 1. The molecular weight excluding hydrogens is 177 g/mol. The molecule has 2 heteroatoms. The second-order valence-corrected chi connectivity index (χ2v) is 4.03. The Bertz CT molecular complexity index is 277. The standard InChI is InChI=1S/C12H18FN/c1-3-4-9-12(2,14)10-5-7-11(13)8-6-10/h5-8H,3-4,9,14H2,1-2H3. The molecule has 0 spiro atoms. The maximum atomic E-state index is 12.7. The predicted molar refractivity (Wildman–Crippen MR) is 57.5 cm³/mol. The van der Waals surface area contributed by atoms with Crippen molar-refractivity contribution >= 4 is 0 Å². The Kier molecular flexibility index (Phi) is 3.64. The molecule has 0 bridgehead atoms. The minimum Gasteiger partial charge on any atom is -0.322 e. The molecule has 0 saturated carbocycles. The third kappa shape index (κ3) is 2.81. The van der Waals surface area contributed by atoms with Crippen LogP contribution in [0, 0.1) is 5.82 Å². The lowest BCUT2D eigenvalue weighted by Gasteiger charge is -2.25. The van der Waals surface area contributed by atoms with Crippen LogP contribution >= 0.6 is 0 Å². The lowest BCUT2D eigenvalue weighted by atomic mass is 9.88. The van der Waals surface area contributed by atoms with Gasteiger partial charge in [0.05, 0.1) is 0 Å². The van der Waals surface area contributed by atoms with E-state index in [0.29, 0.717) is 0 Å². The van der Waals surface area contributed by atoms with Crippen LogP contribution in [0.2, 0.25) is 0 Å². The molecule has 1 unspecified atom stereocenters. The number of halogens is 1. The summed E-state index contributed by atoms with van der Waals surface area (Å²) in [5.41, 5.74) is 6.83. The Morgan fingerprint density at radius 3 is 2.36 bits per heavy atom. The first-order valence-electron chi connectivity index (χ1n) is 5.11. The maximum Gasteiger partial charge on any atom is 0.123 e. The van der Waals surface area contributed by atoms with Crippen molar-refractivity contribution < 1.29 is 4.39 Å². The highest BCUT2D eigenvalue weighted by Gasteiger charge is 2.19. The Balaban J connectivity index is 2.75. The van der Waals surface area contributed by atoms with E-state index >= 15 is 0 Å².